The van der Waals surface area contributed by atoms with Gasteiger partial charge in [0.05, 0.1) is 15.8 Å². The van der Waals surface area contributed by atoms with Crippen LogP contribution in [0.2, 0.25) is 0 Å². The molecule has 0 aromatic heterocycles. The van der Waals surface area contributed by atoms with Crippen LogP contribution in [0.3, 0.4) is 0 Å². The maximum atomic E-state index is 13.2. The van der Waals surface area contributed by atoms with Gasteiger partial charge in [0, 0.05) is 12.6 Å². The van der Waals surface area contributed by atoms with Crippen LogP contribution < -0.4 is 11.1 Å². The fraction of sp³-hybridized carbons (Fsp3) is 0.455. The second kappa shape index (κ2) is 4.39. The number of halogens is 2. The molecule has 0 atom stereocenters. The highest BCUT2D eigenvalue weighted by Crippen LogP contribution is 2.32. The van der Waals surface area contributed by atoms with Gasteiger partial charge in [0.25, 0.3) is 0 Å². The molecule has 1 saturated carbocycles. The molecule has 1 aromatic rings. The molecule has 0 bridgehead atoms. The highest BCUT2D eigenvalue weighted by atomic mass is 79.9. The van der Waals surface area contributed by atoms with E-state index < -0.39 is 0 Å². The van der Waals surface area contributed by atoms with Gasteiger partial charge in [-0.05, 0) is 34.3 Å². The van der Waals surface area contributed by atoms with Crippen molar-refractivity contribution in [2.24, 2.45) is 5.92 Å². The molecule has 0 unspecified atom stereocenters. The Morgan fingerprint density at radius 2 is 2.20 bits per heavy atom. The lowest BCUT2D eigenvalue weighted by molar-refractivity contribution is 0.621. The number of anilines is 2. The van der Waals surface area contributed by atoms with Crippen molar-refractivity contribution in [1.29, 1.82) is 0 Å². The summed E-state index contributed by atoms with van der Waals surface area (Å²) in [6, 6.07) is 3.03. The van der Waals surface area contributed by atoms with Gasteiger partial charge in [-0.3, -0.25) is 0 Å². The largest absolute Gasteiger partial charge is 0.397 e. The highest BCUT2D eigenvalue weighted by Gasteiger charge is 2.20. The van der Waals surface area contributed by atoms with Crippen molar-refractivity contribution >= 4 is 27.3 Å². The van der Waals surface area contributed by atoms with E-state index in [9.17, 15) is 4.39 Å². The predicted octanol–water partition coefficient (Wildman–Crippen LogP) is 3.38. The molecular weight excluding hydrogens is 259 g/mol. The molecule has 0 aliphatic heterocycles. The van der Waals surface area contributed by atoms with Crippen LogP contribution in [0.25, 0.3) is 0 Å². The molecule has 0 spiro atoms. The molecule has 1 aliphatic rings. The van der Waals surface area contributed by atoms with Crippen LogP contribution >= 0.6 is 15.9 Å². The zero-order valence-electron chi connectivity index (χ0n) is 8.39. The molecule has 4 heteroatoms. The minimum absolute atomic E-state index is 0.280. The van der Waals surface area contributed by atoms with Gasteiger partial charge in [0.1, 0.15) is 5.82 Å². The van der Waals surface area contributed by atoms with Crippen LogP contribution in [0.4, 0.5) is 15.8 Å². The van der Waals surface area contributed by atoms with Crippen molar-refractivity contribution in [2.45, 2.75) is 19.3 Å². The summed E-state index contributed by atoms with van der Waals surface area (Å²) in [5.74, 6) is 0.595. The lowest BCUT2D eigenvalue weighted by atomic mass is 10.2. The molecule has 0 saturated heterocycles. The Kier molecular flexibility index (Phi) is 3.14. The van der Waals surface area contributed by atoms with E-state index in [4.69, 9.17) is 5.73 Å². The van der Waals surface area contributed by atoms with Gasteiger partial charge in [-0.2, -0.15) is 0 Å². The molecule has 2 rings (SSSR count). The molecular formula is C11H14BrFN2. The van der Waals surface area contributed by atoms with Gasteiger partial charge in [-0.15, -0.1) is 0 Å². The average Bonchev–Trinajstić information content (AvgIpc) is 2.97. The molecule has 82 valence electrons. The molecule has 1 aliphatic carbocycles. The molecule has 0 amide bonds. The van der Waals surface area contributed by atoms with Crippen molar-refractivity contribution in [3.63, 3.8) is 0 Å². The van der Waals surface area contributed by atoms with E-state index >= 15 is 0 Å². The quantitative estimate of drug-likeness (QED) is 0.825. The lowest BCUT2D eigenvalue weighted by Gasteiger charge is -2.09. The van der Waals surface area contributed by atoms with E-state index in [-0.39, 0.29) is 5.82 Å². The summed E-state index contributed by atoms with van der Waals surface area (Å²) in [4.78, 5) is 0. The van der Waals surface area contributed by atoms with Crippen molar-refractivity contribution < 1.29 is 4.39 Å². The minimum Gasteiger partial charge on any atom is -0.397 e. The minimum atomic E-state index is -0.280. The van der Waals surface area contributed by atoms with Gasteiger partial charge >= 0.3 is 0 Å². The zero-order valence-corrected chi connectivity index (χ0v) is 9.98. The number of nitrogen functional groups attached to an aromatic ring is 1. The summed E-state index contributed by atoms with van der Waals surface area (Å²) in [5.41, 5.74) is 7.04. The molecule has 15 heavy (non-hydrogen) atoms. The summed E-state index contributed by atoms with van der Waals surface area (Å²) in [6.07, 6.45) is 3.83. The first-order valence-electron chi connectivity index (χ1n) is 5.15. The number of rotatable bonds is 4. The number of benzene rings is 1. The van der Waals surface area contributed by atoms with Gasteiger partial charge in [-0.1, -0.05) is 12.8 Å². The number of hydrogen-bond acceptors (Lipinski definition) is 2. The maximum absolute atomic E-state index is 13.2. The number of nitrogens with two attached hydrogens (primary N) is 1. The Labute approximate surface area is 97.2 Å². The Morgan fingerprint density at radius 3 is 2.87 bits per heavy atom. The van der Waals surface area contributed by atoms with Gasteiger partial charge in [0.2, 0.25) is 0 Å². The monoisotopic (exact) mass is 272 g/mol. The van der Waals surface area contributed by atoms with Crippen molar-refractivity contribution in [3.8, 4) is 0 Å². The maximum Gasteiger partial charge on any atom is 0.139 e. The fourth-order valence-corrected chi connectivity index (χ4v) is 1.89. The smallest absolute Gasteiger partial charge is 0.139 e. The van der Waals surface area contributed by atoms with E-state index in [1.807, 2.05) is 0 Å². The fourth-order valence-electron chi connectivity index (χ4n) is 1.53. The summed E-state index contributed by atoms with van der Waals surface area (Å²) in [6.45, 7) is 0.871. The third kappa shape index (κ3) is 2.84. The molecule has 3 N–H and O–H groups in total. The van der Waals surface area contributed by atoms with Gasteiger partial charge < -0.3 is 11.1 Å². The first-order valence-corrected chi connectivity index (χ1v) is 5.94. The van der Waals surface area contributed by atoms with Gasteiger partial charge in [-0.25, -0.2) is 4.39 Å². The second-order valence-electron chi connectivity index (χ2n) is 4.01. The third-order valence-electron chi connectivity index (χ3n) is 2.66. The Morgan fingerprint density at radius 1 is 1.47 bits per heavy atom. The topological polar surface area (TPSA) is 38.0 Å². The SMILES string of the molecule is Nc1cc(Br)c(F)cc1NCCC1CC1. The average molecular weight is 273 g/mol. The number of nitrogens with one attached hydrogen (secondary N) is 1. The van der Waals surface area contributed by atoms with Crippen LogP contribution in [-0.4, -0.2) is 6.54 Å². The van der Waals surface area contributed by atoms with Crippen molar-refractivity contribution in [1.82, 2.24) is 0 Å². The summed E-state index contributed by atoms with van der Waals surface area (Å²) in [5, 5.41) is 3.17. The first kappa shape index (κ1) is 10.7. The summed E-state index contributed by atoms with van der Waals surface area (Å²) < 4.78 is 13.6. The predicted molar refractivity (Wildman–Crippen MR) is 64.3 cm³/mol. The molecule has 0 heterocycles. The van der Waals surface area contributed by atoms with Crippen LogP contribution in [0.1, 0.15) is 19.3 Å². The van der Waals surface area contributed by atoms with Gasteiger partial charge in [0.15, 0.2) is 0 Å². The molecule has 1 fully saturated rings. The zero-order chi connectivity index (χ0) is 10.8. The third-order valence-corrected chi connectivity index (χ3v) is 3.27. The van der Waals surface area contributed by atoms with Crippen molar-refractivity contribution in [2.75, 3.05) is 17.6 Å². The second-order valence-corrected chi connectivity index (χ2v) is 4.87. The van der Waals surface area contributed by atoms with Crippen LogP contribution in [-0.2, 0) is 0 Å². The molecule has 1 aromatic carbocycles. The van der Waals surface area contributed by atoms with E-state index in [0.717, 1.165) is 18.9 Å². The van der Waals surface area contributed by atoms with E-state index in [2.05, 4.69) is 21.2 Å². The van der Waals surface area contributed by atoms with E-state index in [1.54, 1.807) is 6.07 Å². The standard InChI is InChI=1S/C11H14BrFN2/c12-8-5-10(14)11(6-9(8)13)15-4-3-7-1-2-7/h5-7,15H,1-4,14H2. The molecule has 0 radical (unpaired) electrons. The molecule has 2 nitrogen and oxygen atoms in total. The number of hydrogen-bond donors (Lipinski definition) is 2. The summed E-state index contributed by atoms with van der Waals surface area (Å²) in [7, 11) is 0. The lowest BCUT2D eigenvalue weighted by Crippen LogP contribution is -2.05. The van der Waals surface area contributed by atoms with E-state index in [0.29, 0.717) is 15.8 Å². The Balaban J connectivity index is 1.96. The normalized spacial score (nSPS) is 15.3. The van der Waals surface area contributed by atoms with Crippen LogP contribution in [0.5, 0.6) is 0 Å². The van der Waals surface area contributed by atoms with Crippen LogP contribution in [0.15, 0.2) is 16.6 Å². The Bertz CT molecular complexity index is 364. The van der Waals surface area contributed by atoms with Crippen LogP contribution in [0, 0.1) is 11.7 Å². The summed E-state index contributed by atoms with van der Waals surface area (Å²) >= 11 is 3.10. The van der Waals surface area contributed by atoms with Crippen molar-refractivity contribution in [3.05, 3.63) is 22.4 Å². The Hall–Kier alpha value is -0.770. The highest BCUT2D eigenvalue weighted by molar-refractivity contribution is 9.10. The first-order chi connectivity index (χ1) is 7.16. The van der Waals surface area contributed by atoms with E-state index in [1.165, 1.54) is 18.9 Å².